The van der Waals surface area contributed by atoms with Crippen LogP contribution < -0.4 is 0 Å². The first-order valence-corrected chi connectivity index (χ1v) is 8.19. The van der Waals surface area contributed by atoms with Gasteiger partial charge in [0.15, 0.2) is 0 Å². The van der Waals surface area contributed by atoms with E-state index in [1.54, 1.807) is 4.90 Å². The average Bonchev–Trinajstić information content (AvgIpc) is 3.28. The standard InChI is InChI=1S/C16H18BrNO4/c17-12-3-1-2-11(8-12)16(4-5-16)15(21)18-6-7-22-13(10-18)9-14(19)20/h1-3,8,13H,4-7,9-10H2,(H,19,20)/t13-/m1/s1. The van der Waals surface area contributed by atoms with Gasteiger partial charge in [0.1, 0.15) is 0 Å². The number of nitrogens with zero attached hydrogens (tertiary/aromatic N) is 1. The van der Waals surface area contributed by atoms with Crippen molar-refractivity contribution in [2.24, 2.45) is 0 Å². The van der Waals surface area contributed by atoms with Crippen molar-refractivity contribution < 1.29 is 19.4 Å². The lowest BCUT2D eigenvalue weighted by Gasteiger charge is -2.35. The van der Waals surface area contributed by atoms with Crippen molar-refractivity contribution in [1.29, 1.82) is 0 Å². The van der Waals surface area contributed by atoms with E-state index in [-0.39, 0.29) is 12.3 Å². The summed E-state index contributed by atoms with van der Waals surface area (Å²) in [7, 11) is 0. The molecule has 2 fully saturated rings. The number of carbonyl (C=O) groups is 2. The van der Waals surface area contributed by atoms with Gasteiger partial charge in [0.2, 0.25) is 5.91 Å². The molecule has 0 bridgehead atoms. The number of aliphatic carboxylic acids is 1. The zero-order valence-electron chi connectivity index (χ0n) is 12.1. The van der Waals surface area contributed by atoms with Gasteiger partial charge in [0.05, 0.1) is 24.5 Å². The molecule has 0 spiro atoms. The van der Waals surface area contributed by atoms with Crippen LogP contribution in [0.1, 0.15) is 24.8 Å². The normalized spacial score (nSPS) is 23.1. The number of rotatable bonds is 4. The Morgan fingerprint density at radius 2 is 2.18 bits per heavy atom. The minimum absolute atomic E-state index is 0.0618. The van der Waals surface area contributed by atoms with Crippen LogP contribution in [-0.2, 0) is 19.7 Å². The molecule has 6 heteroatoms. The van der Waals surface area contributed by atoms with Crippen LogP contribution in [0.3, 0.4) is 0 Å². The highest BCUT2D eigenvalue weighted by molar-refractivity contribution is 9.10. The van der Waals surface area contributed by atoms with Crippen LogP contribution in [0.15, 0.2) is 28.7 Å². The molecule has 0 radical (unpaired) electrons. The fraction of sp³-hybridized carbons (Fsp3) is 0.500. The van der Waals surface area contributed by atoms with Crippen LogP contribution in [0, 0.1) is 0 Å². The molecule has 5 nitrogen and oxygen atoms in total. The van der Waals surface area contributed by atoms with Crippen molar-refractivity contribution in [3.8, 4) is 0 Å². The minimum Gasteiger partial charge on any atom is -0.481 e. The fourth-order valence-corrected chi connectivity index (χ4v) is 3.46. The maximum Gasteiger partial charge on any atom is 0.306 e. The number of carboxylic acids is 1. The fourth-order valence-electron chi connectivity index (χ4n) is 3.06. The number of carboxylic acid groups (broad SMARTS) is 1. The molecule has 1 aromatic rings. The molecule has 1 aliphatic carbocycles. The summed E-state index contributed by atoms with van der Waals surface area (Å²) >= 11 is 3.45. The van der Waals surface area contributed by atoms with Gasteiger partial charge in [-0.3, -0.25) is 9.59 Å². The number of benzene rings is 1. The quantitative estimate of drug-likeness (QED) is 0.885. The largest absolute Gasteiger partial charge is 0.481 e. The molecule has 2 aliphatic rings. The molecule has 3 rings (SSSR count). The molecule has 118 valence electrons. The van der Waals surface area contributed by atoms with Gasteiger partial charge in [-0.1, -0.05) is 28.1 Å². The van der Waals surface area contributed by atoms with Crippen molar-refractivity contribution in [2.45, 2.75) is 30.8 Å². The summed E-state index contributed by atoms with van der Waals surface area (Å²) in [5.41, 5.74) is 0.614. The van der Waals surface area contributed by atoms with Crippen molar-refractivity contribution in [2.75, 3.05) is 19.7 Å². The molecule has 1 aliphatic heterocycles. The van der Waals surface area contributed by atoms with Gasteiger partial charge in [0, 0.05) is 17.6 Å². The highest BCUT2D eigenvalue weighted by Crippen LogP contribution is 2.50. The van der Waals surface area contributed by atoms with Crippen LogP contribution >= 0.6 is 15.9 Å². The molecular formula is C16H18BrNO4. The van der Waals surface area contributed by atoms with Crippen LogP contribution in [0.2, 0.25) is 0 Å². The zero-order valence-corrected chi connectivity index (χ0v) is 13.7. The molecule has 1 heterocycles. The number of hydrogen-bond acceptors (Lipinski definition) is 3. The summed E-state index contributed by atoms with van der Waals surface area (Å²) in [5.74, 6) is -0.795. The van der Waals surface area contributed by atoms with E-state index in [1.807, 2.05) is 24.3 Å². The highest BCUT2D eigenvalue weighted by atomic mass is 79.9. The minimum atomic E-state index is -0.896. The zero-order chi connectivity index (χ0) is 15.7. The third kappa shape index (κ3) is 3.03. The molecule has 1 atom stereocenters. The molecule has 1 saturated carbocycles. The molecule has 0 aromatic heterocycles. The van der Waals surface area contributed by atoms with Crippen LogP contribution in [-0.4, -0.2) is 47.7 Å². The lowest BCUT2D eigenvalue weighted by molar-refractivity contribution is -0.149. The van der Waals surface area contributed by atoms with Crippen molar-refractivity contribution in [3.05, 3.63) is 34.3 Å². The topological polar surface area (TPSA) is 66.8 Å². The Labute approximate surface area is 137 Å². The first-order valence-electron chi connectivity index (χ1n) is 7.40. The molecule has 1 N–H and O–H groups in total. The van der Waals surface area contributed by atoms with E-state index in [0.29, 0.717) is 19.7 Å². The predicted octanol–water partition coefficient (Wildman–Crippen LogP) is 2.18. The van der Waals surface area contributed by atoms with Gasteiger partial charge in [-0.15, -0.1) is 0 Å². The lowest BCUT2D eigenvalue weighted by atomic mass is 9.94. The number of amides is 1. The van der Waals surface area contributed by atoms with Gasteiger partial charge in [-0.2, -0.15) is 0 Å². The number of ether oxygens (including phenoxy) is 1. The van der Waals surface area contributed by atoms with Gasteiger partial charge < -0.3 is 14.7 Å². The van der Waals surface area contributed by atoms with E-state index in [9.17, 15) is 9.59 Å². The Kier molecular flexibility index (Phi) is 4.23. The van der Waals surface area contributed by atoms with Crippen LogP contribution in [0.25, 0.3) is 0 Å². The van der Waals surface area contributed by atoms with Crippen molar-refractivity contribution in [1.82, 2.24) is 4.90 Å². The first kappa shape index (κ1) is 15.5. The maximum atomic E-state index is 12.9. The van der Waals surface area contributed by atoms with Crippen molar-refractivity contribution >= 4 is 27.8 Å². The van der Waals surface area contributed by atoms with Crippen molar-refractivity contribution in [3.63, 3.8) is 0 Å². The summed E-state index contributed by atoms with van der Waals surface area (Å²) in [6.07, 6.45) is 1.23. The lowest BCUT2D eigenvalue weighted by Crippen LogP contribution is -2.49. The Morgan fingerprint density at radius 1 is 1.41 bits per heavy atom. The van der Waals surface area contributed by atoms with E-state index < -0.39 is 17.5 Å². The number of morpholine rings is 1. The third-order valence-corrected chi connectivity index (χ3v) is 4.86. The second-order valence-electron chi connectivity index (χ2n) is 5.93. The molecule has 1 aromatic carbocycles. The number of hydrogen-bond donors (Lipinski definition) is 1. The van der Waals surface area contributed by atoms with Gasteiger partial charge in [0.25, 0.3) is 0 Å². The van der Waals surface area contributed by atoms with E-state index in [2.05, 4.69) is 15.9 Å². The summed E-state index contributed by atoms with van der Waals surface area (Å²) in [6, 6.07) is 7.88. The third-order valence-electron chi connectivity index (χ3n) is 4.36. The summed E-state index contributed by atoms with van der Waals surface area (Å²) in [5, 5.41) is 8.88. The SMILES string of the molecule is O=C(O)C[C@@H]1CN(C(=O)C2(c3cccc(Br)c3)CC2)CCO1. The molecule has 22 heavy (non-hydrogen) atoms. The Bertz CT molecular complexity index is 600. The van der Waals surface area contributed by atoms with Crippen LogP contribution in [0.4, 0.5) is 0 Å². The highest BCUT2D eigenvalue weighted by Gasteiger charge is 2.53. The monoisotopic (exact) mass is 367 g/mol. The molecule has 0 unspecified atom stereocenters. The molecular weight excluding hydrogens is 350 g/mol. The van der Waals surface area contributed by atoms with E-state index in [4.69, 9.17) is 9.84 Å². The molecule has 1 saturated heterocycles. The smallest absolute Gasteiger partial charge is 0.306 e. The first-order chi connectivity index (χ1) is 10.5. The Hall–Kier alpha value is -1.40. The van der Waals surface area contributed by atoms with Gasteiger partial charge >= 0.3 is 5.97 Å². The second-order valence-corrected chi connectivity index (χ2v) is 6.85. The number of carbonyl (C=O) groups excluding carboxylic acids is 1. The summed E-state index contributed by atoms with van der Waals surface area (Å²) in [6.45, 7) is 1.30. The number of halogens is 1. The Balaban J connectivity index is 1.74. The molecule has 1 amide bonds. The summed E-state index contributed by atoms with van der Waals surface area (Å²) in [4.78, 5) is 25.5. The predicted molar refractivity (Wildman–Crippen MR) is 83.6 cm³/mol. The Morgan fingerprint density at radius 3 is 2.82 bits per heavy atom. The van der Waals surface area contributed by atoms with E-state index >= 15 is 0 Å². The van der Waals surface area contributed by atoms with Gasteiger partial charge in [-0.25, -0.2) is 0 Å². The summed E-state index contributed by atoms with van der Waals surface area (Å²) < 4.78 is 6.41. The average molecular weight is 368 g/mol. The van der Waals surface area contributed by atoms with Crippen LogP contribution in [0.5, 0.6) is 0 Å². The maximum absolute atomic E-state index is 12.9. The van der Waals surface area contributed by atoms with E-state index in [1.165, 1.54) is 0 Å². The van der Waals surface area contributed by atoms with Gasteiger partial charge in [-0.05, 0) is 30.5 Å². The van der Waals surface area contributed by atoms with E-state index in [0.717, 1.165) is 22.9 Å². The second kappa shape index (κ2) is 6.01.